The van der Waals surface area contributed by atoms with Gasteiger partial charge in [-0.05, 0) is 70.6 Å². The number of hydrogen-bond acceptors (Lipinski definition) is 10. The smallest absolute Gasteiger partial charge is 0.249 e. The first kappa shape index (κ1) is 62.3. The molecule has 1 aliphatic rings. The summed E-state index contributed by atoms with van der Waals surface area (Å²) in [7, 11) is 0. The Labute approximate surface area is 403 Å². The van der Waals surface area contributed by atoms with Crippen LogP contribution in [0.25, 0.3) is 0 Å². The minimum Gasteiger partial charge on any atom is -0.394 e. The van der Waals surface area contributed by atoms with E-state index in [1.807, 2.05) is 0 Å². The number of amides is 1. The van der Waals surface area contributed by atoms with Crippen LogP contribution in [0, 0.1) is 0 Å². The third kappa shape index (κ3) is 33.0. The van der Waals surface area contributed by atoms with Crippen molar-refractivity contribution in [2.75, 3.05) is 13.2 Å². The molecular formula is C55H103NO10. The quantitative estimate of drug-likeness (QED) is 0.0215. The fraction of sp³-hybridized carbons (Fsp3) is 0.873. The summed E-state index contributed by atoms with van der Waals surface area (Å²) >= 11 is 0. The molecule has 0 aliphatic carbocycles. The lowest BCUT2D eigenvalue weighted by Gasteiger charge is -2.40. The van der Waals surface area contributed by atoms with Gasteiger partial charge in [0.05, 0.1) is 25.4 Å². The van der Waals surface area contributed by atoms with Crippen LogP contribution < -0.4 is 5.32 Å². The molecule has 0 aromatic carbocycles. The highest BCUT2D eigenvalue weighted by Crippen LogP contribution is 2.23. The molecule has 66 heavy (non-hydrogen) atoms. The van der Waals surface area contributed by atoms with E-state index in [-0.39, 0.29) is 12.8 Å². The second-order valence-corrected chi connectivity index (χ2v) is 19.3. The molecule has 0 saturated carbocycles. The Balaban J connectivity index is 2.28. The second kappa shape index (κ2) is 44.5. The average molecular weight is 938 g/mol. The van der Waals surface area contributed by atoms with Gasteiger partial charge in [0.1, 0.15) is 36.6 Å². The molecule has 11 heteroatoms. The zero-order valence-corrected chi connectivity index (χ0v) is 42.2. The molecule has 388 valence electrons. The highest BCUT2D eigenvalue weighted by atomic mass is 16.7. The molecule has 1 fully saturated rings. The summed E-state index contributed by atoms with van der Waals surface area (Å²) in [5.41, 5.74) is 0. The van der Waals surface area contributed by atoms with E-state index in [4.69, 9.17) is 9.47 Å². The fourth-order valence-electron chi connectivity index (χ4n) is 8.62. The molecule has 0 aromatic rings. The van der Waals surface area contributed by atoms with Crippen LogP contribution in [0.3, 0.4) is 0 Å². The highest BCUT2D eigenvalue weighted by Gasteiger charge is 2.44. The largest absolute Gasteiger partial charge is 0.394 e. The van der Waals surface area contributed by atoms with Gasteiger partial charge in [0.2, 0.25) is 5.91 Å². The topological polar surface area (TPSA) is 189 Å². The van der Waals surface area contributed by atoms with E-state index in [0.717, 1.165) is 51.4 Å². The summed E-state index contributed by atoms with van der Waals surface area (Å²) in [6.07, 6.45) is 42.4. The van der Waals surface area contributed by atoms with Crippen molar-refractivity contribution in [3.05, 3.63) is 36.5 Å². The van der Waals surface area contributed by atoms with E-state index in [0.29, 0.717) is 19.3 Å². The molecule has 1 heterocycles. The van der Waals surface area contributed by atoms with Crippen LogP contribution in [0.4, 0.5) is 0 Å². The predicted octanol–water partition coefficient (Wildman–Crippen LogP) is 10.7. The van der Waals surface area contributed by atoms with Crippen molar-refractivity contribution >= 4 is 5.91 Å². The number of allylic oxidation sites excluding steroid dienone is 6. The molecule has 8 N–H and O–H groups in total. The zero-order valence-electron chi connectivity index (χ0n) is 42.2. The molecular weight excluding hydrogens is 835 g/mol. The van der Waals surface area contributed by atoms with E-state index >= 15 is 0 Å². The number of unbranched alkanes of at least 4 members (excludes halogenated alkanes) is 28. The maximum Gasteiger partial charge on any atom is 0.249 e. The third-order valence-electron chi connectivity index (χ3n) is 13.1. The number of aliphatic hydroxyl groups excluding tert-OH is 7. The van der Waals surface area contributed by atoms with Gasteiger partial charge in [0.15, 0.2) is 6.29 Å². The van der Waals surface area contributed by atoms with Gasteiger partial charge in [-0.3, -0.25) is 4.79 Å². The zero-order chi connectivity index (χ0) is 48.3. The molecule has 0 bridgehead atoms. The molecule has 1 rings (SSSR count). The number of ether oxygens (including phenoxy) is 2. The molecule has 11 nitrogen and oxygen atoms in total. The average Bonchev–Trinajstić information content (AvgIpc) is 3.32. The Morgan fingerprint density at radius 2 is 0.924 bits per heavy atom. The van der Waals surface area contributed by atoms with Crippen molar-refractivity contribution in [2.45, 2.75) is 294 Å². The van der Waals surface area contributed by atoms with Crippen molar-refractivity contribution in [3.63, 3.8) is 0 Å². The molecule has 0 radical (unpaired) electrons. The summed E-state index contributed by atoms with van der Waals surface area (Å²) < 4.78 is 11.1. The molecule has 1 aliphatic heterocycles. The normalized spacial score (nSPS) is 21.0. The van der Waals surface area contributed by atoms with Crippen LogP contribution in [0.5, 0.6) is 0 Å². The first-order chi connectivity index (χ1) is 32.2. The van der Waals surface area contributed by atoms with E-state index < -0.39 is 74.2 Å². The van der Waals surface area contributed by atoms with Crippen LogP contribution in [-0.2, 0) is 14.3 Å². The molecule has 9 atom stereocenters. The van der Waals surface area contributed by atoms with E-state index in [1.54, 1.807) is 0 Å². The molecule has 0 aromatic heterocycles. The van der Waals surface area contributed by atoms with E-state index in [9.17, 15) is 40.5 Å². The summed E-state index contributed by atoms with van der Waals surface area (Å²) in [6, 6.07) is -1.19. The Kier molecular flexibility index (Phi) is 42.1. The lowest BCUT2D eigenvalue weighted by atomic mass is 9.98. The lowest BCUT2D eigenvalue weighted by molar-refractivity contribution is -0.303. The van der Waals surface area contributed by atoms with Crippen molar-refractivity contribution < 1.29 is 50.0 Å². The number of carbonyl (C=O) groups excluding carboxylic acids is 1. The first-order valence-corrected chi connectivity index (χ1v) is 27.4. The number of aliphatic hydroxyl groups is 7. The SMILES string of the molecule is CCCC/C=C\CCCCCCC(O)C(=O)NC(COC1OC(CO)C(O)C(O)C1O)C(O)C(O)CCC/C=C/CC/C=C/CCCCCCCCCCCCCCCCCCCCCC. The third-order valence-corrected chi connectivity index (χ3v) is 13.1. The van der Waals surface area contributed by atoms with Gasteiger partial charge >= 0.3 is 0 Å². The first-order valence-electron chi connectivity index (χ1n) is 27.4. The van der Waals surface area contributed by atoms with E-state index in [1.165, 1.54) is 141 Å². The summed E-state index contributed by atoms with van der Waals surface area (Å²) in [6.45, 7) is 3.38. The number of hydrogen-bond donors (Lipinski definition) is 8. The van der Waals surface area contributed by atoms with Crippen LogP contribution in [0.2, 0.25) is 0 Å². The van der Waals surface area contributed by atoms with Gasteiger partial charge in [-0.2, -0.15) is 0 Å². The van der Waals surface area contributed by atoms with Crippen molar-refractivity contribution in [2.24, 2.45) is 0 Å². The molecule has 9 unspecified atom stereocenters. The van der Waals surface area contributed by atoms with Gasteiger partial charge in [-0.1, -0.05) is 204 Å². The van der Waals surface area contributed by atoms with Gasteiger partial charge < -0.3 is 50.5 Å². The predicted molar refractivity (Wildman–Crippen MR) is 270 cm³/mol. The van der Waals surface area contributed by atoms with Gasteiger partial charge in [0, 0.05) is 0 Å². The van der Waals surface area contributed by atoms with Crippen molar-refractivity contribution in [1.82, 2.24) is 5.32 Å². The Morgan fingerprint density at radius 3 is 1.39 bits per heavy atom. The number of carbonyl (C=O) groups is 1. The highest BCUT2D eigenvalue weighted by molar-refractivity contribution is 5.80. The standard InChI is InChI=1S/C55H103NO10/c1-3-5-7-9-11-13-15-16-17-18-19-20-21-22-23-24-25-26-27-28-29-30-31-32-33-35-36-38-40-42-47(58)50(60)46(45-65-55-53(63)52(62)51(61)49(44-57)66-55)56-54(64)48(59)43-41-39-37-34-14-12-10-8-6-4-2/h10,12,30-31,35-36,46-53,55,57-63H,3-9,11,13-29,32-34,37-45H2,1-2H3,(H,56,64)/b12-10-,31-30+,36-35+. The fourth-order valence-corrected chi connectivity index (χ4v) is 8.62. The maximum absolute atomic E-state index is 13.1. The minimum atomic E-state index is -1.67. The van der Waals surface area contributed by atoms with Crippen molar-refractivity contribution in [3.8, 4) is 0 Å². The Bertz CT molecular complexity index is 1170. The summed E-state index contributed by atoms with van der Waals surface area (Å²) in [5, 5.41) is 75.7. The number of rotatable bonds is 46. The molecule has 1 amide bonds. The van der Waals surface area contributed by atoms with E-state index in [2.05, 4.69) is 55.6 Å². The minimum absolute atomic E-state index is 0.235. The summed E-state index contributed by atoms with van der Waals surface area (Å²) in [4.78, 5) is 13.1. The Morgan fingerprint density at radius 1 is 0.515 bits per heavy atom. The van der Waals surface area contributed by atoms with Crippen LogP contribution >= 0.6 is 0 Å². The summed E-state index contributed by atoms with van der Waals surface area (Å²) in [5.74, 6) is -0.722. The maximum atomic E-state index is 13.1. The Hall–Kier alpha value is -1.67. The lowest BCUT2D eigenvalue weighted by Crippen LogP contribution is -2.60. The van der Waals surface area contributed by atoms with Crippen LogP contribution in [0.1, 0.15) is 239 Å². The van der Waals surface area contributed by atoms with Crippen LogP contribution in [-0.4, -0.2) is 110 Å². The second-order valence-electron chi connectivity index (χ2n) is 19.3. The monoisotopic (exact) mass is 938 g/mol. The molecule has 0 spiro atoms. The van der Waals surface area contributed by atoms with Gasteiger partial charge in [0.25, 0.3) is 0 Å². The van der Waals surface area contributed by atoms with Gasteiger partial charge in [-0.25, -0.2) is 0 Å². The van der Waals surface area contributed by atoms with Crippen molar-refractivity contribution in [1.29, 1.82) is 0 Å². The number of nitrogens with one attached hydrogen (secondary N) is 1. The van der Waals surface area contributed by atoms with Crippen LogP contribution in [0.15, 0.2) is 36.5 Å². The van der Waals surface area contributed by atoms with Gasteiger partial charge in [-0.15, -0.1) is 0 Å². The molecule has 1 saturated heterocycles.